The number of aliphatic hydroxyl groups excluding tert-OH is 1. The van der Waals surface area contributed by atoms with E-state index in [1.54, 1.807) is 0 Å². The van der Waals surface area contributed by atoms with Gasteiger partial charge in [-0.3, -0.25) is 0 Å². The Bertz CT molecular complexity index is 458. The van der Waals surface area contributed by atoms with Gasteiger partial charge in [0.25, 0.3) is 0 Å². The van der Waals surface area contributed by atoms with Crippen LogP contribution in [0, 0.1) is 5.41 Å². The number of aliphatic hydroxyl groups is 1. The summed E-state index contributed by atoms with van der Waals surface area (Å²) in [6, 6.07) is 1.94. The van der Waals surface area contributed by atoms with Gasteiger partial charge < -0.3 is 15.7 Å². The number of aromatic nitrogens is 1. The normalized spacial score (nSPS) is 17.1. The fraction of sp³-hybridized carbons (Fsp3) is 0.583. The zero-order chi connectivity index (χ0) is 14.1. The molecule has 0 aromatic carbocycles. The summed E-state index contributed by atoms with van der Waals surface area (Å²) in [5, 5.41) is 14.6. The summed E-state index contributed by atoms with van der Waals surface area (Å²) in [5.74, 6) is 0.324. The number of hydrogen-bond acceptors (Lipinski definition) is 4. The van der Waals surface area contributed by atoms with Crippen molar-refractivity contribution < 1.29 is 18.3 Å². The second-order valence-electron chi connectivity index (χ2n) is 4.89. The van der Waals surface area contributed by atoms with Crippen LogP contribution in [0.25, 0.3) is 0 Å². The van der Waals surface area contributed by atoms with Gasteiger partial charge in [0.1, 0.15) is 11.6 Å². The van der Waals surface area contributed by atoms with Gasteiger partial charge in [-0.1, -0.05) is 0 Å². The first-order valence-electron chi connectivity index (χ1n) is 6.00. The number of halogens is 3. The number of nitrogens with one attached hydrogen (secondary N) is 2. The summed E-state index contributed by atoms with van der Waals surface area (Å²) < 4.78 is 38.1. The lowest BCUT2D eigenvalue weighted by Crippen LogP contribution is -2.20. The fourth-order valence-corrected chi connectivity index (χ4v) is 1.76. The van der Waals surface area contributed by atoms with Crippen LogP contribution < -0.4 is 10.6 Å². The first-order valence-corrected chi connectivity index (χ1v) is 6.00. The van der Waals surface area contributed by atoms with Gasteiger partial charge in [-0.15, -0.1) is 0 Å². The standard InChI is InChI=1S/C12H16F3N3O/c1-16-9-4-8(12(13,14)15)5-10(18-9)17-6-11(7-19)2-3-11/h4-5,19H,2-3,6-7H2,1H3,(H2,16,17,18). The molecule has 0 saturated heterocycles. The predicted octanol–water partition coefficient (Wildman–Crippen LogP) is 2.33. The van der Waals surface area contributed by atoms with Crippen molar-refractivity contribution in [3.8, 4) is 0 Å². The van der Waals surface area contributed by atoms with E-state index in [0.717, 1.165) is 25.0 Å². The SMILES string of the molecule is CNc1cc(C(F)(F)F)cc(NCC2(CO)CC2)n1. The topological polar surface area (TPSA) is 57.2 Å². The Kier molecular flexibility index (Phi) is 3.58. The van der Waals surface area contributed by atoms with Crippen LogP contribution in [0.15, 0.2) is 12.1 Å². The van der Waals surface area contributed by atoms with Crippen LogP contribution in [0.2, 0.25) is 0 Å². The molecule has 3 N–H and O–H groups in total. The van der Waals surface area contributed by atoms with Crippen molar-refractivity contribution in [1.82, 2.24) is 4.98 Å². The Hall–Kier alpha value is -1.50. The van der Waals surface area contributed by atoms with Crippen LogP contribution in [0.5, 0.6) is 0 Å². The highest BCUT2D eigenvalue weighted by atomic mass is 19.4. The fourth-order valence-electron chi connectivity index (χ4n) is 1.76. The number of nitrogens with zero attached hydrogens (tertiary/aromatic N) is 1. The third-order valence-corrected chi connectivity index (χ3v) is 3.35. The van der Waals surface area contributed by atoms with Gasteiger partial charge in [0.2, 0.25) is 0 Å². The Morgan fingerprint density at radius 1 is 1.32 bits per heavy atom. The van der Waals surface area contributed by atoms with E-state index >= 15 is 0 Å². The smallest absolute Gasteiger partial charge is 0.396 e. The monoisotopic (exact) mass is 275 g/mol. The van der Waals surface area contributed by atoms with Crippen molar-refractivity contribution in [3.63, 3.8) is 0 Å². The summed E-state index contributed by atoms with van der Waals surface area (Å²) >= 11 is 0. The quantitative estimate of drug-likeness (QED) is 0.772. The van der Waals surface area contributed by atoms with Crippen molar-refractivity contribution in [2.75, 3.05) is 30.8 Å². The summed E-state index contributed by atoms with van der Waals surface area (Å²) in [6.45, 7) is 0.471. The molecular formula is C12H16F3N3O. The minimum absolute atomic E-state index is 0.0395. The second kappa shape index (κ2) is 4.88. The van der Waals surface area contributed by atoms with E-state index in [4.69, 9.17) is 5.11 Å². The molecule has 0 aliphatic heterocycles. The molecule has 4 nitrogen and oxygen atoms in total. The largest absolute Gasteiger partial charge is 0.416 e. The minimum atomic E-state index is -4.40. The van der Waals surface area contributed by atoms with E-state index < -0.39 is 11.7 Å². The van der Waals surface area contributed by atoms with Crippen molar-refractivity contribution in [3.05, 3.63) is 17.7 Å². The molecule has 19 heavy (non-hydrogen) atoms. The average molecular weight is 275 g/mol. The van der Waals surface area contributed by atoms with E-state index in [2.05, 4.69) is 15.6 Å². The first-order chi connectivity index (χ1) is 8.88. The van der Waals surface area contributed by atoms with Crippen molar-refractivity contribution in [2.45, 2.75) is 19.0 Å². The van der Waals surface area contributed by atoms with Gasteiger partial charge in [-0.05, 0) is 25.0 Å². The van der Waals surface area contributed by atoms with Gasteiger partial charge in [0.05, 0.1) is 12.2 Å². The maximum atomic E-state index is 12.7. The third-order valence-electron chi connectivity index (χ3n) is 3.35. The lowest BCUT2D eigenvalue weighted by atomic mass is 10.1. The molecule has 0 radical (unpaired) electrons. The van der Waals surface area contributed by atoms with Crippen LogP contribution >= 0.6 is 0 Å². The van der Waals surface area contributed by atoms with Gasteiger partial charge in [-0.25, -0.2) is 4.98 Å². The Labute approximate surface area is 109 Å². The van der Waals surface area contributed by atoms with Crippen LogP contribution in [-0.4, -0.2) is 30.3 Å². The molecule has 106 valence electrons. The Balaban J connectivity index is 2.15. The lowest BCUT2D eigenvalue weighted by Gasteiger charge is -2.15. The number of hydrogen-bond donors (Lipinski definition) is 3. The van der Waals surface area contributed by atoms with E-state index in [1.165, 1.54) is 7.05 Å². The maximum Gasteiger partial charge on any atom is 0.416 e. The maximum absolute atomic E-state index is 12.7. The molecule has 1 aliphatic carbocycles. The zero-order valence-electron chi connectivity index (χ0n) is 10.5. The van der Waals surface area contributed by atoms with Crippen molar-refractivity contribution in [1.29, 1.82) is 0 Å². The third kappa shape index (κ3) is 3.28. The molecular weight excluding hydrogens is 259 g/mol. The molecule has 7 heteroatoms. The first kappa shape index (κ1) is 13.9. The molecule has 1 saturated carbocycles. The Morgan fingerprint density at radius 2 is 1.95 bits per heavy atom. The van der Waals surface area contributed by atoms with E-state index in [-0.39, 0.29) is 23.7 Å². The number of anilines is 2. The van der Waals surface area contributed by atoms with Gasteiger partial charge in [0, 0.05) is 19.0 Å². The van der Waals surface area contributed by atoms with E-state index in [9.17, 15) is 13.2 Å². The molecule has 2 rings (SSSR count). The highest BCUT2D eigenvalue weighted by Crippen LogP contribution is 2.45. The molecule has 0 bridgehead atoms. The summed E-state index contributed by atoms with van der Waals surface area (Å²) in [4.78, 5) is 4.03. The van der Waals surface area contributed by atoms with Crippen LogP contribution in [-0.2, 0) is 6.18 Å². The number of alkyl halides is 3. The molecule has 0 unspecified atom stereocenters. The van der Waals surface area contributed by atoms with Gasteiger partial charge >= 0.3 is 6.18 Å². The predicted molar refractivity (Wildman–Crippen MR) is 66.0 cm³/mol. The molecule has 0 amide bonds. The molecule has 1 aliphatic rings. The van der Waals surface area contributed by atoms with Crippen LogP contribution in [0.4, 0.5) is 24.8 Å². The minimum Gasteiger partial charge on any atom is -0.396 e. The van der Waals surface area contributed by atoms with Gasteiger partial charge in [-0.2, -0.15) is 13.2 Å². The summed E-state index contributed by atoms with van der Waals surface area (Å²) in [7, 11) is 1.52. The van der Waals surface area contributed by atoms with Crippen LogP contribution in [0.3, 0.4) is 0 Å². The molecule has 1 fully saturated rings. The summed E-state index contributed by atoms with van der Waals surface area (Å²) in [5.41, 5.74) is -0.932. The van der Waals surface area contributed by atoms with E-state index in [1.807, 2.05) is 0 Å². The van der Waals surface area contributed by atoms with Crippen molar-refractivity contribution in [2.24, 2.45) is 5.41 Å². The summed E-state index contributed by atoms with van der Waals surface area (Å²) in [6.07, 6.45) is -2.64. The number of pyridine rings is 1. The number of rotatable bonds is 5. The molecule has 0 atom stereocenters. The highest BCUT2D eigenvalue weighted by Gasteiger charge is 2.41. The molecule has 0 spiro atoms. The second-order valence-corrected chi connectivity index (χ2v) is 4.89. The highest BCUT2D eigenvalue weighted by molar-refractivity contribution is 5.49. The van der Waals surface area contributed by atoms with Crippen molar-refractivity contribution >= 4 is 11.6 Å². The molecule has 1 aromatic rings. The van der Waals surface area contributed by atoms with E-state index in [0.29, 0.717) is 6.54 Å². The Morgan fingerprint density at radius 3 is 2.42 bits per heavy atom. The zero-order valence-corrected chi connectivity index (χ0v) is 10.5. The van der Waals surface area contributed by atoms with Crippen LogP contribution in [0.1, 0.15) is 18.4 Å². The molecule has 1 aromatic heterocycles. The molecule has 1 heterocycles. The average Bonchev–Trinajstić information content (AvgIpc) is 3.15. The van der Waals surface area contributed by atoms with Gasteiger partial charge in [0.15, 0.2) is 0 Å². The lowest BCUT2D eigenvalue weighted by molar-refractivity contribution is -0.137.